The van der Waals surface area contributed by atoms with E-state index in [9.17, 15) is 52.7 Å². The van der Waals surface area contributed by atoms with Gasteiger partial charge in [0.15, 0.2) is 41.3 Å². The highest BCUT2D eigenvalue weighted by atomic mass is 19.4. The maximum Gasteiger partial charge on any atom is 0.422 e. The quantitative estimate of drug-likeness (QED) is 0.169. The molecule has 2 heterocycles. The van der Waals surface area contributed by atoms with Crippen molar-refractivity contribution in [2.45, 2.75) is 88.2 Å². The number of hydrogen-bond donors (Lipinski definition) is 1. The fourth-order valence-electron chi connectivity index (χ4n) is 7.50. The summed E-state index contributed by atoms with van der Waals surface area (Å²) in [7, 11) is 0. The molecule has 0 radical (unpaired) electrons. The normalized spacial score (nSPS) is 22.8. The van der Waals surface area contributed by atoms with E-state index in [2.05, 4.69) is 4.65 Å². The van der Waals surface area contributed by atoms with Gasteiger partial charge in [-0.3, -0.25) is 0 Å². The van der Waals surface area contributed by atoms with Crippen LogP contribution in [0, 0.1) is 58.2 Å². The van der Waals surface area contributed by atoms with Gasteiger partial charge in [0.25, 0.3) is 0 Å². The van der Waals surface area contributed by atoms with Crippen molar-refractivity contribution >= 4 is 17.3 Å². The van der Waals surface area contributed by atoms with Gasteiger partial charge in [0.1, 0.15) is 23.3 Å². The zero-order chi connectivity index (χ0) is 35.3. The Hall–Kier alpha value is -2.70. The van der Waals surface area contributed by atoms with Crippen molar-refractivity contribution < 1.29 is 79.8 Å². The number of nitrogens with one attached hydrogen (secondary N) is 1. The average Bonchev–Trinajstić information content (AvgIpc) is 3.27. The summed E-state index contributed by atoms with van der Waals surface area (Å²) < 4.78 is 241. The van der Waals surface area contributed by atoms with Gasteiger partial charge in [0.05, 0.1) is 17.6 Å². The predicted octanol–water partition coefficient (Wildman–Crippen LogP) is 6.42. The standard InChI is InChI=1S/C27H23BF16NO/c1-23(2)6-5-7-24(3,4)45(23)9-10-8-25(26(39,40)41,27(42,43)44)46-28(10,11-13(29)17(33)21(37)18(34)14(11)30)12-15(31)19(35)22(38)20(36)16(12)32/h10H,5-9H2,1-4H3/q-1/p+1/t10-/m1/s1. The van der Waals surface area contributed by atoms with Gasteiger partial charge in [-0.25, -0.2) is 43.9 Å². The minimum absolute atomic E-state index is 0.0268. The van der Waals surface area contributed by atoms with Crippen molar-refractivity contribution in [1.29, 1.82) is 0 Å². The summed E-state index contributed by atoms with van der Waals surface area (Å²) >= 11 is 0. The molecule has 19 heteroatoms. The van der Waals surface area contributed by atoms with Crippen molar-refractivity contribution in [3.05, 3.63) is 58.2 Å². The Morgan fingerprint density at radius 1 is 0.587 bits per heavy atom. The van der Waals surface area contributed by atoms with Crippen LogP contribution in [0.3, 0.4) is 0 Å². The SMILES string of the molecule is CC1(C)CCCC(C)(C)[NH+]1C[C@H]1CC(C(F)(F)F)(C(F)(F)F)O[B-]1(c1c(F)c(F)c(F)c(F)c1F)c1c(F)c(F)c(F)c(F)c1F. The highest BCUT2D eigenvalue weighted by molar-refractivity contribution is 6.99. The van der Waals surface area contributed by atoms with Gasteiger partial charge >= 0.3 is 12.4 Å². The van der Waals surface area contributed by atoms with Crippen molar-refractivity contribution in [1.82, 2.24) is 0 Å². The summed E-state index contributed by atoms with van der Waals surface area (Å²) in [6.45, 7) is 4.64. The molecule has 2 aromatic rings. The summed E-state index contributed by atoms with van der Waals surface area (Å²) in [5.74, 6) is -33.7. The Morgan fingerprint density at radius 3 is 1.20 bits per heavy atom. The molecule has 2 aromatic carbocycles. The summed E-state index contributed by atoms with van der Waals surface area (Å²) in [4.78, 5) is 0.0268. The minimum atomic E-state index is -6.69. The fourth-order valence-corrected chi connectivity index (χ4v) is 7.50. The molecule has 1 N–H and O–H groups in total. The van der Waals surface area contributed by atoms with Crippen LogP contribution in [0.4, 0.5) is 70.2 Å². The molecule has 0 aliphatic carbocycles. The van der Waals surface area contributed by atoms with E-state index < -0.39 is 123 Å². The third-order valence-corrected chi connectivity index (χ3v) is 9.57. The molecule has 0 amide bonds. The van der Waals surface area contributed by atoms with Crippen LogP contribution >= 0.6 is 0 Å². The summed E-state index contributed by atoms with van der Waals surface area (Å²) in [6, 6.07) is 0. The molecule has 2 saturated heterocycles. The van der Waals surface area contributed by atoms with Crippen LogP contribution in [0.1, 0.15) is 53.4 Å². The molecular weight excluding hydrogens is 669 g/mol. The number of hydrogen-bond acceptors (Lipinski definition) is 1. The summed E-state index contributed by atoms with van der Waals surface area (Å²) in [5, 5.41) is 0. The van der Waals surface area contributed by atoms with E-state index in [1.807, 2.05) is 0 Å². The van der Waals surface area contributed by atoms with E-state index in [1.54, 1.807) is 0 Å². The van der Waals surface area contributed by atoms with Gasteiger partial charge < -0.3 is 9.55 Å². The van der Waals surface area contributed by atoms with E-state index in [1.165, 1.54) is 27.7 Å². The highest BCUT2D eigenvalue weighted by Crippen LogP contribution is 2.58. The third-order valence-electron chi connectivity index (χ3n) is 9.57. The molecule has 2 aliphatic rings. The van der Waals surface area contributed by atoms with Crippen molar-refractivity contribution in [3.8, 4) is 0 Å². The molecule has 0 unspecified atom stereocenters. The molecule has 0 bridgehead atoms. The number of rotatable bonds is 4. The summed E-state index contributed by atoms with van der Waals surface area (Å²) in [5.41, 5.74) is -13.4. The van der Waals surface area contributed by atoms with Crippen LogP contribution < -0.4 is 15.8 Å². The first kappa shape index (κ1) is 36.1. The van der Waals surface area contributed by atoms with Gasteiger partial charge in [-0.2, -0.15) is 26.3 Å². The largest absolute Gasteiger partial charge is 0.564 e. The van der Waals surface area contributed by atoms with Crippen LogP contribution in [0.25, 0.3) is 0 Å². The van der Waals surface area contributed by atoms with Gasteiger partial charge in [0, 0.05) is 12.8 Å². The lowest BCUT2D eigenvalue weighted by molar-refractivity contribution is -0.999. The monoisotopic (exact) mass is 693 g/mol. The van der Waals surface area contributed by atoms with Crippen LogP contribution in [0.15, 0.2) is 0 Å². The summed E-state index contributed by atoms with van der Waals surface area (Å²) in [6.07, 6.45) is -20.9. The molecule has 0 saturated carbocycles. The number of likely N-dealkylation sites (tertiary alicyclic amines) is 1. The molecule has 258 valence electrons. The van der Waals surface area contributed by atoms with Crippen LogP contribution in [0.2, 0.25) is 5.82 Å². The Kier molecular flexibility index (Phi) is 8.58. The number of quaternary nitrogens is 1. The molecule has 2 aliphatic heterocycles. The molecule has 4 rings (SSSR count). The van der Waals surface area contributed by atoms with Gasteiger partial charge in [-0.1, -0.05) is 16.7 Å². The second-order valence-electron chi connectivity index (χ2n) is 13.0. The number of benzene rings is 2. The number of piperidine rings is 1. The topological polar surface area (TPSA) is 13.7 Å². The van der Waals surface area contributed by atoms with Gasteiger partial charge in [0.2, 0.25) is 5.60 Å². The van der Waals surface area contributed by atoms with E-state index in [0.717, 1.165) is 0 Å². The Bertz CT molecular complexity index is 1410. The lowest BCUT2D eigenvalue weighted by atomic mass is 9.25. The Morgan fingerprint density at radius 2 is 0.891 bits per heavy atom. The average molecular weight is 693 g/mol. The van der Waals surface area contributed by atoms with Crippen molar-refractivity contribution in [2.75, 3.05) is 6.54 Å². The maximum atomic E-state index is 15.6. The first-order valence-electron chi connectivity index (χ1n) is 13.6. The molecule has 0 spiro atoms. The van der Waals surface area contributed by atoms with Crippen LogP contribution in [0.5, 0.6) is 0 Å². The minimum Gasteiger partial charge on any atom is -0.564 e. The second kappa shape index (κ2) is 10.9. The van der Waals surface area contributed by atoms with Gasteiger partial charge in [-0.15, -0.1) is 0 Å². The highest BCUT2D eigenvalue weighted by Gasteiger charge is 2.77. The van der Waals surface area contributed by atoms with Crippen LogP contribution in [-0.2, 0) is 4.65 Å². The Labute approximate surface area is 250 Å². The molecule has 0 aromatic heterocycles. The molecule has 2 nitrogen and oxygen atoms in total. The van der Waals surface area contributed by atoms with Gasteiger partial charge in [-0.05, 0) is 40.5 Å². The first-order valence-corrected chi connectivity index (χ1v) is 13.6. The lowest BCUT2D eigenvalue weighted by Gasteiger charge is -2.53. The van der Waals surface area contributed by atoms with E-state index in [-0.39, 0.29) is 17.7 Å². The van der Waals surface area contributed by atoms with Crippen molar-refractivity contribution in [2.24, 2.45) is 0 Å². The zero-order valence-electron chi connectivity index (χ0n) is 24.1. The van der Waals surface area contributed by atoms with Crippen molar-refractivity contribution in [3.63, 3.8) is 0 Å². The van der Waals surface area contributed by atoms with E-state index in [0.29, 0.717) is 6.42 Å². The van der Waals surface area contributed by atoms with E-state index in [4.69, 9.17) is 0 Å². The van der Waals surface area contributed by atoms with E-state index >= 15 is 17.6 Å². The maximum absolute atomic E-state index is 15.6. The van der Waals surface area contributed by atoms with Crippen LogP contribution in [-0.4, -0.2) is 41.9 Å². The molecular formula is C27H24BF16NO. The smallest absolute Gasteiger partial charge is 0.422 e. The molecule has 46 heavy (non-hydrogen) atoms. The first-order chi connectivity index (χ1) is 20.7. The fraction of sp³-hybridized carbons (Fsp3) is 0.556. The molecule has 1 atom stereocenters. The Balaban J connectivity index is 2.30. The second-order valence-corrected chi connectivity index (χ2v) is 13.0. The third kappa shape index (κ3) is 4.96. The number of alkyl halides is 6. The lowest BCUT2D eigenvalue weighted by Crippen LogP contribution is -3.27. The molecule has 2 fully saturated rings. The zero-order valence-corrected chi connectivity index (χ0v) is 24.1. The predicted molar refractivity (Wildman–Crippen MR) is 130 cm³/mol. The number of halogens is 16.